The first-order valence-electron chi connectivity index (χ1n) is 8.79. The average Bonchev–Trinajstić information content (AvgIpc) is 3.13. The molecule has 2 N–H and O–H groups in total. The maximum atomic E-state index is 12.5. The van der Waals surface area contributed by atoms with Crippen LogP contribution in [0.25, 0.3) is 0 Å². The summed E-state index contributed by atoms with van der Waals surface area (Å²) in [6.45, 7) is 3.20. The van der Waals surface area contributed by atoms with Crippen molar-refractivity contribution in [3.63, 3.8) is 0 Å². The van der Waals surface area contributed by atoms with E-state index in [9.17, 15) is 13.2 Å². The van der Waals surface area contributed by atoms with Gasteiger partial charge in [0.1, 0.15) is 0 Å². The summed E-state index contributed by atoms with van der Waals surface area (Å²) < 4.78 is 48.7. The molecular weight excluding hydrogens is 347 g/mol. The number of nitrogens with zero attached hydrogens (tertiary/aromatic N) is 1. The zero-order valence-corrected chi connectivity index (χ0v) is 14.9. The Morgan fingerprint density at radius 1 is 1.27 bits per heavy atom. The summed E-state index contributed by atoms with van der Waals surface area (Å²) >= 11 is 0. The third kappa shape index (κ3) is 7.21. The SMILES string of the molecule is CN=C(NCCCOCC1CCCO1)NCc1ccc(C(F)(F)F)cc1. The molecule has 1 atom stereocenters. The van der Waals surface area contributed by atoms with Crippen LogP contribution in [0.2, 0.25) is 0 Å². The maximum absolute atomic E-state index is 12.5. The molecule has 0 saturated carbocycles. The van der Waals surface area contributed by atoms with E-state index in [4.69, 9.17) is 9.47 Å². The molecule has 1 heterocycles. The number of halogens is 3. The molecule has 0 radical (unpaired) electrons. The highest BCUT2D eigenvalue weighted by molar-refractivity contribution is 5.79. The van der Waals surface area contributed by atoms with E-state index in [2.05, 4.69) is 15.6 Å². The van der Waals surface area contributed by atoms with Crippen molar-refractivity contribution in [3.05, 3.63) is 35.4 Å². The highest BCUT2D eigenvalue weighted by Gasteiger charge is 2.29. The Morgan fingerprint density at radius 3 is 2.65 bits per heavy atom. The van der Waals surface area contributed by atoms with Crippen LogP contribution in [-0.4, -0.2) is 45.5 Å². The summed E-state index contributed by atoms with van der Waals surface area (Å²) in [5.74, 6) is 0.601. The fraction of sp³-hybridized carbons (Fsp3) is 0.611. The van der Waals surface area contributed by atoms with Crippen LogP contribution in [0.4, 0.5) is 13.2 Å². The van der Waals surface area contributed by atoms with E-state index >= 15 is 0 Å². The van der Waals surface area contributed by atoms with E-state index in [1.807, 2.05) is 0 Å². The van der Waals surface area contributed by atoms with Crippen molar-refractivity contribution >= 4 is 5.96 Å². The molecule has 1 aromatic carbocycles. The topological polar surface area (TPSA) is 54.9 Å². The zero-order valence-electron chi connectivity index (χ0n) is 14.9. The summed E-state index contributed by atoms with van der Waals surface area (Å²) in [7, 11) is 1.65. The van der Waals surface area contributed by atoms with Crippen LogP contribution in [0.5, 0.6) is 0 Å². The lowest BCUT2D eigenvalue weighted by molar-refractivity contribution is -0.137. The van der Waals surface area contributed by atoms with Crippen LogP contribution in [0.1, 0.15) is 30.4 Å². The molecule has 0 aliphatic carbocycles. The van der Waals surface area contributed by atoms with Crippen LogP contribution in [0.3, 0.4) is 0 Å². The summed E-state index contributed by atoms with van der Waals surface area (Å²) in [5, 5.41) is 6.23. The molecule has 26 heavy (non-hydrogen) atoms. The highest BCUT2D eigenvalue weighted by atomic mass is 19.4. The fourth-order valence-electron chi connectivity index (χ4n) is 2.59. The van der Waals surface area contributed by atoms with Crippen molar-refractivity contribution in [1.29, 1.82) is 0 Å². The molecule has 1 aliphatic heterocycles. The van der Waals surface area contributed by atoms with Gasteiger partial charge in [0.2, 0.25) is 0 Å². The highest BCUT2D eigenvalue weighted by Crippen LogP contribution is 2.29. The third-order valence-electron chi connectivity index (χ3n) is 4.05. The first-order valence-corrected chi connectivity index (χ1v) is 8.79. The number of guanidine groups is 1. The van der Waals surface area contributed by atoms with Crippen LogP contribution in [-0.2, 0) is 22.2 Å². The van der Waals surface area contributed by atoms with Crippen molar-refractivity contribution in [1.82, 2.24) is 10.6 Å². The lowest BCUT2D eigenvalue weighted by atomic mass is 10.1. The molecule has 0 aromatic heterocycles. The van der Waals surface area contributed by atoms with Crippen LogP contribution in [0.15, 0.2) is 29.3 Å². The monoisotopic (exact) mass is 373 g/mol. The van der Waals surface area contributed by atoms with Gasteiger partial charge in [0.25, 0.3) is 0 Å². The first-order chi connectivity index (χ1) is 12.5. The van der Waals surface area contributed by atoms with Gasteiger partial charge in [-0.2, -0.15) is 13.2 Å². The molecule has 1 aromatic rings. The van der Waals surface area contributed by atoms with Gasteiger partial charge in [-0.25, -0.2) is 0 Å². The van der Waals surface area contributed by atoms with E-state index in [1.165, 1.54) is 12.1 Å². The number of aliphatic imine (C=N–C) groups is 1. The zero-order chi connectivity index (χ0) is 18.8. The van der Waals surface area contributed by atoms with Gasteiger partial charge in [-0.1, -0.05) is 12.1 Å². The number of hydrogen-bond acceptors (Lipinski definition) is 3. The van der Waals surface area contributed by atoms with Crippen LogP contribution in [0, 0.1) is 0 Å². The molecule has 1 saturated heterocycles. The van der Waals surface area contributed by atoms with Crippen molar-refractivity contribution in [2.24, 2.45) is 4.99 Å². The normalized spacial score (nSPS) is 18.2. The van der Waals surface area contributed by atoms with Gasteiger partial charge in [-0.05, 0) is 37.0 Å². The Hall–Kier alpha value is -1.80. The fourth-order valence-corrected chi connectivity index (χ4v) is 2.59. The number of rotatable bonds is 8. The Labute approximate surface area is 152 Å². The maximum Gasteiger partial charge on any atom is 0.416 e. The predicted molar refractivity (Wildman–Crippen MR) is 94.1 cm³/mol. The van der Waals surface area contributed by atoms with Crippen molar-refractivity contribution in [3.8, 4) is 0 Å². The first kappa shape index (κ1) is 20.5. The van der Waals surface area contributed by atoms with Gasteiger partial charge >= 0.3 is 6.18 Å². The number of alkyl halides is 3. The average molecular weight is 373 g/mol. The summed E-state index contributed by atoms with van der Waals surface area (Å²) in [6, 6.07) is 5.08. The summed E-state index contributed by atoms with van der Waals surface area (Å²) in [6.07, 6.45) is -1.07. The van der Waals surface area contributed by atoms with E-state index in [-0.39, 0.29) is 6.10 Å². The standard InChI is InChI=1S/C18H26F3N3O2/c1-22-17(23-9-3-10-25-13-16-4-2-11-26-16)24-12-14-5-7-15(8-6-14)18(19,20)21/h5-8,16H,2-4,9-13H2,1H3,(H2,22,23,24). The van der Waals surface area contributed by atoms with E-state index in [0.29, 0.717) is 32.3 Å². The second kappa shape index (κ2) is 10.4. The van der Waals surface area contributed by atoms with E-state index in [1.54, 1.807) is 7.05 Å². The predicted octanol–water partition coefficient (Wildman–Crippen LogP) is 2.96. The van der Waals surface area contributed by atoms with Crippen LogP contribution < -0.4 is 10.6 Å². The molecule has 2 rings (SSSR count). The summed E-state index contributed by atoms with van der Waals surface area (Å²) in [5.41, 5.74) is 0.104. The number of nitrogens with one attached hydrogen (secondary N) is 2. The largest absolute Gasteiger partial charge is 0.416 e. The molecule has 5 nitrogen and oxygen atoms in total. The molecule has 0 amide bonds. The Kier molecular flexibility index (Phi) is 8.18. The van der Waals surface area contributed by atoms with Gasteiger partial charge in [0, 0.05) is 33.4 Å². The van der Waals surface area contributed by atoms with Crippen molar-refractivity contribution < 1.29 is 22.6 Å². The Balaban J connectivity index is 1.60. The second-order valence-electron chi connectivity index (χ2n) is 6.11. The van der Waals surface area contributed by atoms with Crippen LogP contribution >= 0.6 is 0 Å². The van der Waals surface area contributed by atoms with E-state index < -0.39 is 11.7 Å². The third-order valence-corrected chi connectivity index (χ3v) is 4.05. The van der Waals surface area contributed by atoms with Crippen molar-refractivity contribution in [2.75, 3.05) is 33.4 Å². The minimum Gasteiger partial charge on any atom is -0.379 e. The molecule has 146 valence electrons. The van der Waals surface area contributed by atoms with Crippen molar-refractivity contribution in [2.45, 2.75) is 38.1 Å². The second-order valence-corrected chi connectivity index (χ2v) is 6.11. The number of ether oxygens (including phenoxy) is 2. The molecule has 1 unspecified atom stereocenters. The Bertz CT molecular complexity index is 556. The van der Waals surface area contributed by atoms with E-state index in [0.717, 1.165) is 43.6 Å². The Morgan fingerprint density at radius 2 is 2.04 bits per heavy atom. The quantitative estimate of drug-likeness (QED) is 0.418. The van der Waals surface area contributed by atoms with Gasteiger partial charge < -0.3 is 20.1 Å². The molecular formula is C18H26F3N3O2. The van der Waals surface area contributed by atoms with Gasteiger partial charge in [-0.3, -0.25) is 4.99 Å². The molecule has 0 bridgehead atoms. The smallest absolute Gasteiger partial charge is 0.379 e. The van der Waals surface area contributed by atoms with Gasteiger partial charge in [0.15, 0.2) is 5.96 Å². The molecule has 1 fully saturated rings. The minimum absolute atomic E-state index is 0.237. The number of benzene rings is 1. The molecule has 1 aliphatic rings. The molecule has 8 heteroatoms. The lowest BCUT2D eigenvalue weighted by Crippen LogP contribution is -2.37. The lowest BCUT2D eigenvalue weighted by Gasteiger charge is -2.13. The molecule has 0 spiro atoms. The van der Waals surface area contributed by atoms with Gasteiger partial charge in [0.05, 0.1) is 18.3 Å². The minimum atomic E-state index is -4.31. The van der Waals surface area contributed by atoms with Gasteiger partial charge in [-0.15, -0.1) is 0 Å². The number of hydrogen-bond donors (Lipinski definition) is 2. The summed E-state index contributed by atoms with van der Waals surface area (Å²) in [4.78, 5) is 4.09.